The topological polar surface area (TPSA) is 23.8 Å². The first-order chi connectivity index (χ1) is 7.33. The zero-order valence-corrected chi connectivity index (χ0v) is 8.83. The maximum Gasteiger partial charge on any atom is 0.0625 e. The summed E-state index contributed by atoms with van der Waals surface area (Å²) in [6, 6.07) is 14.8. The average Bonchev–Trinajstić information content (AvgIpc) is 2.29. The monoisotopic (exact) mass is 195 g/mol. The van der Waals surface area contributed by atoms with Crippen LogP contribution in [0.25, 0.3) is 10.8 Å². The van der Waals surface area contributed by atoms with Crippen molar-refractivity contribution in [3.63, 3.8) is 0 Å². The highest BCUT2D eigenvalue weighted by Gasteiger charge is 2.02. The Hall–Kier alpha value is -1.81. The van der Waals surface area contributed by atoms with E-state index < -0.39 is 0 Å². The summed E-state index contributed by atoms with van der Waals surface area (Å²) in [5, 5.41) is 11.2. The summed E-state index contributed by atoms with van der Waals surface area (Å²) in [4.78, 5) is 0. The molecule has 0 spiro atoms. The van der Waals surface area contributed by atoms with Gasteiger partial charge < -0.3 is 0 Å². The predicted octanol–water partition coefficient (Wildman–Crippen LogP) is 3.60. The molecule has 1 nitrogen and oxygen atoms in total. The SMILES string of the molecule is Cc1ccc(CCC#N)c2ccccc12. The standard InChI is InChI=1S/C14H13N/c1-11-8-9-12(5-4-10-15)14-7-3-2-6-13(11)14/h2-3,6-9H,4-5H2,1H3. The maximum atomic E-state index is 8.60. The fraction of sp³-hybridized carbons (Fsp3) is 0.214. The van der Waals surface area contributed by atoms with Crippen LogP contribution >= 0.6 is 0 Å². The lowest BCUT2D eigenvalue weighted by molar-refractivity contribution is 1.02. The molecule has 2 aromatic rings. The Bertz CT molecular complexity index is 520. The minimum Gasteiger partial charge on any atom is -0.198 e. The summed E-state index contributed by atoms with van der Waals surface area (Å²) in [5.74, 6) is 0. The number of hydrogen-bond acceptors (Lipinski definition) is 1. The number of aryl methyl sites for hydroxylation is 2. The van der Waals surface area contributed by atoms with E-state index in [-0.39, 0.29) is 0 Å². The fourth-order valence-corrected chi connectivity index (χ4v) is 1.92. The molecular formula is C14H13N. The van der Waals surface area contributed by atoms with E-state index in [1.54, 1.807) is 0 Å². The molecule has 0 heterocycles. The minimum atomic E-state index is 0.590. The highest BCUT2D eigenvalue weighted by molar-refractivity contribution is 5.88. The molecule has 2 aromatic carbocycles. The van der Waals surface area contributed by atoms with Gasteiger partial charge in [-0.2, -0.15) is 5.26 Å². The van der Waals surface area contributed by atoms with Gasteiger partial charge in [-0.1, -0.05) is 36.4 Å². The first-order valence-corrected chi connectivity index (χ1v) is 5.17. The quantitative estimate of drug-likeness (QED) is 0.718. The van der Waals surface area contributed by atoms with E-state index in [0.717, 1.165) is 6.42 Å². The van der Waals surface area contributed by atoms with Crippen molar-refractivity contribution in [2.45, 2.75) is 19.8 Å². The molecule has 2 rings (SSSR count). The van der Waals surface area contributed by atoms with Gasteiger partial charge in [-0.25, -0.2) is 0 Å². The maximum absolute atomic E-state index is 8.60. The van der Waals surface area contributed by atoms with Crippen LogP contribution in [0.15, 0.2) is 36.4 Å². The molecule has 0 aliphatic rings. The molecule has 15 heavy (non-hydrogen) atoms. The van der Waals surface area contributed by atoms with Crippen LogP contribution in [-0.4, -0.2) is 0 Å². The number of nitriles is 1. The van der Waals surface area contributed by atoms with E-state index >= 15 is 0 Å². The zero-order valence-electron chi connectivity index (χ0n) is 8.83. The normalized spacial score (nSPS) is 10.1. The van der Waals surface area contributed by atoms with Crippen LogP contribution in [0.4, 0.5) is 0 Å². The summed E-state index contributed by atoms with van der Waals surface area (Å²) in [6.07, 6.45) is 1.43. The third-order valence-electron chi connectivity index (χ3n) is 2.74. The molecule has 0 amide bonds. The Morgan fingerprint density at radius 1 is 1.07 bits per heavy atom. The molecule has 0 saturated heterocycles. The largest absolute Gasteiger partial charge is 0.198 e. The third kappa shape index (κ3) is 1.85. The van der Waals surface area contributed by atoms with E-state index in [1.807, 2.05) is 0 Å². The lowest BCUT2D eigenvalue weighted by Gasteiger charge is -2.07. The summed E-state index contributed by atoms with van der Waals surface area (Å²) in [5.41, 5.74) is 2.57. The van der Waals surface area contributed by atoms with Crippen molar-refractivity contribution >= 4 is 10.8 Å². The zero-order chi connectivity index (χ0) is 10.7. The molecule has 1 heteroatoms. The molecule has 74 valence electrons. The molecule has 0 atom stereocenters. The summed E-state index contributed by atoms with van der Waals surface area (Å²) < 4.78 is 0. The Balaban J connectivity index is 2.57. The van der Waals surface area contributed by atoms with Gasteiger partial charge in [-0.3, -0.25) is 0 Å². The molecule has 0 saturated carbocycles. The van der Waals surface area contributed by atoms with Gasteiger partial charge in [0.2, 0.25) is 0 Å². The molecule has 0 N–H and O–H groups in total. The Kier molecular flexibility index (Phi) is 2.69. The fourth-order valence-electron chi connectivity index (χ4n) is 1.92. The molecular weight excluding hydrogens is 182 g/mol. The van der Waals surface area contributed by atoms with Crippen molar-refractivity contribution in [2.24, 2.45) is 0 Å². The van der Waals surface area contributed by atoms with Crippen LogP contribution in [0.3, 0.4) is 0 Å². The first kappa shape index (κ1) is 9.73. The Morgan fingerprint density at radius 3 is 2.53 bits per heavy atom. The smallest absolute Gasteiger partial charge is 0.0625 e. The van der Waals surface area contributed by atoms with Crippen molar-refractivity contribution in [3.8, 4) is 6.07 Å². The number of nitrogens with zero attached hydrogens (tertiary/aromatic N) is 1. The van der Waals surface area contributed by atoms with Crippen LogP contribution in [-0.2, 0) is 6.42 Å². The van der Waals surface area contributed by atoms with Gasteiger partial charge >= 0.3 is 0 Å². The number of rotatable bonds is 2. The highest BCUT2D eigenvalue weighted by Crippen LogP contribution is 2.23. The van der Waals surface area contributed by atoms with Crippen molar-refractivity contribution < 1.29 is 0 Å². The summed E-state index contributed by atoms with van der Waals surface area (Å²) in [7, 11) is 0. The highest BCUT2D eigenvalue weighted by atomic mass is 14.2. The van der Waals surface area contributed by atoms with E-state index in [1.165, 1.54) is 21.9 Å². The van der Waals surface area contributed by atoms with Gasteiger partial charge in [0.05, 0.1) is 6.07 Å². The van der Waals surface area contributed by atoms with Crippen molar-refractivity contribution in [1.82, 2.24) is 0 Å². The van der Waals surface area contributed by atoms with E-state index in [9.17, 15) is 0 Å². The second-order valence-electron chi connectivity index (χ2n) is 3.75. The number of benzene rings is 2. The molecule has 0 aromatic heterocycles. The molecule has 0 fully saturated rings. The minimum absolute atomic E-state index is 0.590. The molecule has 0 aliphatic carbocycles. The first-order valence-electron chi connectivity index (χ1n) is 5.17. The third-order valence-corrected chi connectivity index (χ3v) is 2.74. The lowest BCUT2D eigenvalue weighted by Crippen LogP contribution is -1.88. The van der Waals surface area contributed by atoms with Crippen molar-refractivity contribution in [2.75, 3.05) is 0 Å². The van der Waals surface area contributed by atoms with E-state index in [4.69, 9.17) is 5.26 Å². The molecule has 0 aliphatic heterocycles. The van der Waals surface area contributed by atoms with Crippen molar-refractivity contribution in [1.29, 1.82) is 5.26 Å². The number of hydrogen-bond donors (Lipinski definition) is 0. The van der Waals surface area contributed by atoms with Crippen LogP contribution < -0.4 is 0 Å². The van der Waals surface area contributed by atoms with Crippen LogP contribution in [0.1, 0.15) is 17.5 Å². The van der Waals surface area contributed by atoms with Crippen molar-refractivity contribution in [3.05, 3.63) is 47.5 Å². The molecule has 0 unspecified atom stereocenters. The second kappa shape index (κ2) is 4.14. The van der Waals surface area contributed by atoms with Gasteiger partial charge in [0.25, 0.3) is 0 Å². The predicted molar refractivity (Wildman–Crippen MR) is 62.6 cm³/mol. The summed E-state index contributed by atoms with van der Waals surface area (Å²) in [6.45, 7) is 2.12. The van der Waals surface area contributed by atoms with Gasteiger partial charge in [0.1, 0.15) is 0 Å². The van der Waals surface area contributed by atoms with Crippen LogP contribution in [0.5, 0.6) is 0 Å². The average molecular weight is 195 g/mol. The Morgan fingerprint density at radius 2 is 1.80 bits per heavy atom. The van der Waals surface area contributed by atoms with Gasteiger partial charge in [0, 0.05) is 6.42 Å². The van der Waals surface area contributed by atoms with Gasteiger partial charge in [-0.15, -0.1) is 0 Å². The van der Waals surface area contributed by atoms with Crippen LogP contribution in [0, 0.1) is 18.3 Å². The number of fused-ring (bicyclic) bond motifs is 1. The van der Waals surface area contributed by atoms with Gasteiger partial charge in [0.15, 0.2) is 0 Å². The summed E-state index contributed by atoms with van der Waals surface area (Å²) >= 11 is 0. The van der Waals surface area contributed by atoms with Crippen LogP contribution in [0.2, 0.25) is 0 Å². The Labute approximate surface area is 90.0 Å². The second-order valence-corrected chi connectivity index (χ2v) is 3.75. The van der Waals surface area contributed by atoms with Gasteiger partial charge in [-0.05, 0) is 35.2 Å². The molecule has 0 radical (unpaired) electrons. The van der Waals surface area contributed by atoms with E-state index in [0.29, 0.717) is 6.42 Å². The van der Waals surface area contributed by atoms with E-state index in [2.05, 4.69) is 49.4 Å². The molecule has 0 bridgehead atoms. The lowest BCUT2D eigenvalue weighted by atomic mass is 9.98.